The maximum absolute atomic E-state index is 12.7. The molecule has 0 aliphatic heterocycles. The number of hydrazone groups is 1. The SMILES string of the molecule is CCOc1ccc(C(=O)Oc2ccc3ccccc3c2/C=N/NC(=O)c2cnccn2)cc1. The fourth-order valence-corrected chi connectivity index (χ4v) is 3.14. The van der Waals surface area contributed by atoms with Crippen molar-refractivity contribution >= 4 is 28.9 Å². The molecule has 0 spiro atoms. The Labute approximate surface area is 189 Å². The summed E-state index contributed by atoms with van der Waals surface area (Å²) in [6, 6.07) is 17.9. The maximum Gasteiger partial charge on any atom is 0.343 e. The van der Waals surface area contributed by atoms with Gasteiger partial charge < -0.3 is 9.47 Å². The number of carbonyl (C=O) groups is 2. The van der Waals surface area contributed by atoms with Crippen LogP contribution in [-0.4, -0.2) is 34.7 Å². The summed E-state index contributed by atoms with van der Waals surface area (Å²) in [6.45, 7) is 2.43. The molecule has 1 heterocycles. The van der Waals surface area contributed by atoms with E-state index in [2.05, 4.69) is 20.5 Å². The lowest BCUT2D eigenvalue weighted by molar-refractivity contribution is 0.0734. The number of carbonyl (C=O) groups excluding carboxylic acids is 2. The number of hydrogen-bond acceptors (Lipinski definition) is 7. The summed E-state index contributed by atoms with van der Waals surface area (Å²) in [5.41, 5.74) is 3.48. The van der Waals surface area contributed by atoms with Crippen molar-refractivity contribution in [2.75, 3.05) is 6.61 Å². The van der Waals surface area contributed by atoms with Gasteiger partial charge in [-0.05, 0) is 48.0 Å². The molecule has 8 nitrogen and oxygen atoms in total. The maximum atomic E-state index is 12.7. The number of nitrogens with zero attached hydrogens (tertiary/aromatic N) is 3. The van der Waals surface area contributed by atoms with Crippen LogP contribution in [0.1, 0.15) is 33.3 Å². The molecule has 4 aromatic rings. The zero-order valence-corrected chi connectivity index (χ0v) is 17.8. The van der Waals surface area contributed by atoms with E-state index in [1.54, 1.807) is 30.3 Å². The van der Waals surface area contributed by atoms with Crippen molar-refractivity contribution in [1.82, 2.24) is 15.4 Å². The van der Waals surface area contributed by atoms with E-state index in [0.717, 1.165) is 10.8 Å². The number of esters is 1. The molecule has 0 bridgehead atoms. The molecule has 0 atom stereocenters. The van der Waals surface area contributed by atoms with Crippen molar-refractivity contribution in [2.24, 2.45) is 5.10 Å². The molecule has 8 heteroatoms. The number of ether oxygens (including phenoxy) is 2. The topological polar surface area (TPSA) is 103 Å². The first kappa shape index (κ1) is 21.6. The van der Waals surface area contributed by atoms with Crippen LogP contribution < -0.4 is 14.9 Å². The van der Waals surface area contributed by atoms with Crippen LogP contribution in [0.25, 0.3) is 10.8 Å². The van der Waals surface area contributed by atoms with Gasteiger partial charge in [0, 0.05) is 18.0 Å². The first-order valence-electron chi connectivity index (χ1n) is 10.2. The molecule has 0 aliphatic rings. The van der Waals surface area contributed by atoms with E-state index in [1.807, 2.05) is 37.3 Å². The number of hydrogen-bond donors (Lipinski definition) is 1. The summed E-state index contributed by atoms with van der Waals surface area (Å²) >= 11 is 0. The summed E-state index contributed by atoms with van der Waals surface area (Å²) in [5.74, 6) is -0.0457. The van der Waals surface area contributed by atoms with Gasteiger partial charge in [0.05, 0.1) is 24.6 Å². The third kappa shape index (κ3) is 5.19. The third-order valence-electron chi connectivity index (χ3n) is 4.69. The van der Waals surface area contributed by atoms with Gasteiger partial charge >= 0.3 is 5.97 Å². The largest absolute Gasteiger partial charge is 0.494 e. The number of benzene rings is 3. The Bertz CT molecular complexity index is 1310. The van der Waals surface area contributed by atoms with Gasteiger partial charge in [-0.2, -0.15) is 5.10 Å². The third-order valence-corrected chi connectivity index (χ3v) is 4.69. The number of rotatable bonds is 7. The van der Waals surface area contributed by atoms with Crippen LogP contribution in [0.4, 0.5) is 0 Å². The molecule has 0 radical (unpaired) electrons. The summed E-state index contributed by atoms with van der Waals surface area (Å²) in [6.07, 6.45) is 5.67. The van der Waals surface area contributed by atoms with E-state index in [1.165, 1.54) is 24.8 Å². The second-order valence-electron chi connectivity index (χ2n) is 6.84. The predicted molar refractivity (Wildman–Crippen MR) is 124 cm³/mol. The molecular formula is C25H20N4O4. The molecule has 0 saturated heterocycles. The molecule has 1 aromatic heterocycles. The Hall–Kier alpha value is -4.59. The fraction of sp³-hybridized carbons (Fsp3) is 0.0800. The summed E-state index contributed by atoms with van der Waals surface area (Å²) < 4.78 is 11.1. The highest BCUT2D eigenvalue weighted by Gasteiger charge is 2.14. The number of aromatic nitrogens is 2. The lowest BCUT2D eigenvalue weighted by Crippen LogP contribution is -2.19. The highest BCUT2D eigenvalue weighted by Crippen LogP contribution is 2.27. The monoisotopic (exact) mass is 440 g/mol. The molecule has 0 fully saturated rings. The standard InChI is InChI=1S/C25H20N4O4/c1-2-32-19-10-7-18(8-11-19)25(31)33-23-12-9-17-5-3-4-6-20(17)21(23)15-28-29-24(30)22-16-26-13-14-27-22/h3-16H,2H2,1H3,(H,29,30)/b28-15+. The fourth-order valence-electron chi connectivity index (χ4n) is 3.14. The van der Waals surface area contributed by atoms with Crippen LogP contribution in [-0.2, 0) is 0 Å². The molecule has 1 N–H and O–H groups in total. The second-order valence-corrected chi connectivity index (χ2v) is 6.84. The molecule has 0 unspecified atom stereocenters. The average molecular weight is 440 g/mol. The van der Waals surface area contributed by atoms with E-state index in [9.17, 15) is 9.59 Å². The van der Waals surface area contributed by atoms with Crippen molar-refractivity contribution in [3.05, 3.63) is 96.1 Å². The van der Waals surface area contributed by atoms with Gasteiger partial charge in [0.1, 0.15) is 17.2 Å². The van der Waals surface area contributed by atoms with E-state index >= 15 is 0 Å². The molecular weight excluding hydrogens is 420 g/mol. The van der Waals surface area contributed by atoms with Gasteiger partial charge in [0.25, 0.3) is 5.91 Å². The Morgan fingerprint density at radius 2 is 1.85 bits per heavy atom. The Kier molecular flexibility index (Phi) is 6.65. The van der Waals surface area contributed by atoms with Crippen molar-refractivity contribution in [3.8, 4) is 11.5 Å². The highest BCUT2D eigenvalue weighted by molar-refractivity contribution is 6.04. The van der Waals surface area contributed by atoms with Crippen LogP contribution in [0.3, 0.4) is 0 Å². The van der Waals surface area contributed by atoms with Crippen LogP contribution in [0.15, 0.2) is 84.4 Å². The van der Waals surface area contributed by atoms with Crippen molar-refractivity contribution in [2.45, 2.75) is 6.92 Å². The van der Waals surface area contributed by atoms with Crippen molar-refractivity contribution < 1.29 is 19.1 Å². The van der Waals surface area contributed by atoms with Crippen molar-refractivity contribution in [3.63, 3.8) is 0 Å². The van der Waals surface area contributed by atoms with Crippen LogP contribution >= 0.6 is 0 Å². The normalized spacial score (nSPS) is 10.8. The minimum absolute atomic E-state index is 0.134. The van der Waals surface area contributed by atoms with Gasteiger partial charge in [0.15, 0.2) is 0 Å². The number of amides is 1. The lowest BCUT2D eigenvalue weighted by atomic mass is 10.0. The van der Waals surface area contributed by atoms with Crippen LogP contribution in [0.5, 0.6) is 11.5 Å². The minimum Gasteiger partial charge on any atom is -0.494 e. The van der Waals surface area contributed by atoms with E-state index in [4.69, 9.17) is 9.47 Å². The second kappa shape index (κ2) is 10.1. The highest BCUT2D eigenvalue weighted by atomic mass is 16.5. The molecule has 164 valence electrons. The van der Waals surface area contributed by atoms with Gasteiger partial charge in [-0.1, -0.05) is 30.3 Å². The van der Waals surface area contributed by atoms with E-state index in [0.29, 0.717) is 29.2 Å². The molecule has 1 amide bonds. The predicted octanol–water partition coefficient (Wildman–Crippen LogP) is 4.01. The molecule has 0 saturated carbocycles. The van der Waals surface area contributed by atoms with Gasteiger partial charge in [-0.15, -0.1) is 0 Å². The first-order valence-corrected chi connectivity index (χ1v) is 10.2. The molecule has 3 aromatic carbocycles. The molecule has 0 aliphatic carbocycles. The van der Waals surface area contributed by atoms with Gasteiger partial charge in [0.2, 0.25) is 0 Å². The minimum atomic E-state index is -0.522. The average Bonchev–Trinajstić information content (AvgIpc) is 2.86. The van der Waals surface area contributed by atoms with Gasteiger partial charge in [-0.25, -0.2) is 15.2 Å². The zero-order valence-electron chi connectivity index (χ0n) is 17.8. The number of fused-ring (bicyclic) bond motifs is 1. The van der Waals surface area contributed by atoms with Crippen molar-refractivity contribution in [1.29, 1.82) is 0 Å². The summed E-state index contributed by atoms with van der Waals surface area (Å²) in [7, 11) is 0. The van der Waals surface area contributed by atoms with E-state index in [-0.39, 0.29) is 5.69 Å². The summed E-state index contributed by atoms with van der Waals surface area (Å²) in [4.78, 5) is 32.7. The smallest absolute Gasteiger partial charge is 0.343 e. The Balaban J connectivity index is 1.59. The van der Waals surface area contributed by atoms with Gasteiger partial charge in [-0.3, -0.25) is 9.78 Å². The van der Waals surface area contributed by atoms with E-state index < -0.39 is 11.9 Å². The lowest BCUT2D eigenvalue weighted by Gasteiger charge is -2.11. The first-order chi connectivity index (χ1) is 16.2. The van der Waals surface area contributed by atoms with Crippen LogP contribution in [0, 0.1) is 0 Å². The Morgan fingerprint density at radius 3 is 2.61 bits per heavy atom. The molecule has 4 rings (SSSR count). The van der Waals surface area contributed by atoms with Crippen LogP contribution in [0.2, 0.25) is 0 Å². The molecule has 33 heavy (non-hydrogen) atoms. The zero-order chi connectivity index (χ0) is 23.0. The number of nitrogens with one attached hydrogen (secondary N) is 1. The Morgan fingerprint density at radius 1 is 1.03 bits per heavy atom. The summed E-state index contributed by atoms with van der Waals surface area (Å²) in [5, 5.41) is 5.78. The quantitative estimate of drug-likeness (QED) is 0.202.